The lowest BCUT2D eigenvalue weighted by Crippen LogP contribution is -2.10. The number of aliphatic imine (C=N–C) groups is 1. The Kier molecular flexibility index (Phi) is 5.83. The summed E-state index contributed by atoms with van der Waals surface area (Å²) in [5.41, 5.74) is 2.88. The van der Waals surface area contributed by atoms with Crippen LogP contribution in [0.5, 0.6) is 5.75 Å². The summed E-state index contributed by atoms with van der Waals surface area (Å²) in [7, 11) is 4.08. The normalized spacial score (nSPS) is 11.5. The van der Waals surface area contributed by atoms with Gasteiger partial charge in [-0.2, -0.15) is 0 Å². The number of benzene rings is 2. The predicted molar refractivity (Wildman–Crippen MR) is 93.3 cm³/mol. The highest BCUT2D eigenvalue weighted by molar-refractivity contribution is 6.36. The molecule has 0 aliphatic rings. The molecule has 0 heterocycles. The van der Waals surface area contributed by atoms with E-state index < -0.39 is 0 Å². The van der Waals surface area contributed by atoms with Crippen molar-refractivity contribution in [2.45, 2.75) is 13.1 Å². The molecule has 0 saturated carbocycles. The molecule has 0 spiro atoms. The maximum atomic E-state index is 9.85. The second-order valence-corrected chi connectivity index (χ2v) is 6.19. The second-order valence-electron chi connectivity index (χ2n) is 5.35. The number of hydrogen-bond acceptors (Lipinski definition) is 3. The molecule has 3 nitrogen and oxygen atoms in total. The molecule has 0 bridgehead atoms. The van der Waals surface area contributed by atoms with Crippen LogP contribution in [0.25, 0.3) is 0 Å². The van der Waals surface area contributed by atoms with Gasteiger partial charge < -0.3 is 10.0 Å². The molecule has 0 fully saturated rings. The number of rotatable bonds is 5. The predicted octanol–water partition coefficient (Wildman–Crippen LogP) is 4.38. The Morgan fingerprint density at radius 1 is 1.09 bits per heavy atom. The van der Waals surface area contributed by atoms with E-state index in [4.69, 9.17) is 23.2 Å². The van der Waals surface area contributed by atoms with Crippen molar-refractivity contribution in [2.75, 3.05) is 14.1 Å². The fourth-order valence-electron chi connectivity index (χ4n) is 2.05. The summed E-state index contributed by atoms with van der Waals surface area (Å²) in [6.45, 7) is 1.45. The molecule has 0 unspecified atom stereocenters. The zero-order valence-corrected chi connectivity index (χ0v) is 14.1. The van der Waals surface area contributed by atoms with Gasteiger partial charge in [0.15, 0.2) is 0 Å². The van der Waals surface area contributed by atoms with E-state index in [2.05, 4.69) is 34.2 Å². The van der Waals surface area contributed by atoms with Crippen LogP contribution in [-0.2, 0) is 13.1 Å². The van der Waals surface area contributed by atoms with Crippen LogP contribution in [0.2, 0.25) is 10.0 Å². The van der Waals surface area contributed by atoms with Crippen molar-refractivity contribution in [1.29, 1.82) is 0 Å². The summed E-state index contributed by atoms with van der Waals surface area (Å²) < 4.78 is 0. The largest absolute Gasteiger partial charge is 0.506 e. The van der Waals surface area contributed by atoms with E-state index in [1.54, 1.807) is 12.3 Å². The van der Waals surface area contributed by atoms with Crippen LogP contribution in [0.3, 0.4) is 0 Å². The van der Waals surface area contributed by atoms with Crippen molar-refractivity contribution in [3.05, 3.63) is 63.1 Å². The Bertz CT molecular complexity index is 667. The third kappa shape index (κ3) is 4.73. The zero-order valence-electron chi connectivity index (χ0n) is 12.6. The first-order valence-corrected chi connectivity index (χ1v) is 7.61. The van der Waals surface area contributed by atoms with Gasteiger partial charge in [-0.25, -0.2) is 0 Å². The summed E-state index contributed by atoms with van der Waals surface area (Å²) in [4.78, 5) is 6.46. The van der Waals surface area contributed by atoms with Crippen molar-refractivity contribution >= 4 is 29.4 Å². The minimum atomic E-state index is -0.00357. The minimum Gasteiger partial charge on any atom is -0.506 e. The Labute approximate surface area is 140 Å². The molecule has 0 aliphatic heterocycles. The maximum Gasteiger partial charge on any atom is 0.143 e. The van der Waals surface area contributed by atoms with E-state index in [1.165, 1.54) is 11.6 Å². The Morgan fingerprint density at radius 2 is 1.73 bits per heavy atom. The van der Waals surface area contributed by atoms with Crippen LogP contribution in [0.15, 0.2) is 41.4 Å². The molecule has 5 heteroatoms. The van der Waals surface area contributed by atoms with Gasteiger partial charge in [-0.05, 0) is 37.4 Å². The maximum absolute atomic E-state index is 9.85. The molecule has 0 aliphatic carbocycles. The summed E-state index contributed by atoms with van der Waals surface area (Å²) in [6.07, 6.45) is 1.58. The minimum absolute atomic E-state index is 0.00357. The molecule has 0 atom stereocenters. The van der Waals surface area contributed by atoms with Gasteiger partial charge in [0.05, 0.1) is 11.6 Å². The summed E-state index contributed by atoms with van der Waals surface area (Å²) in [6, 6.07) is 11.4. The van der Waals surface area contributed by atoms with Crippen LogP contribution in [0.1, 0.15) is 16.7 Å². The SMILES string of the molecule is CN(C)Cc1ccc(CN=Cc2cc(Cl)cc(Cl)c2O)cc1. The first-order valence-electron chi connectivity index (χ1n) is 6.86. The van der Waals surface area contributed by atoms with Crippen molar-refractivity contribution < 1.29 is 5.11 Å². The molecule has 0 saturated heterocycles. The lowest BCUT2D eigenvalue weighted by atomic mass is 10.1. The highest BCUT2D eigenvalue weighted by Crippen LogP contribution is 2.30. The van der Waals surface area contributed by atoms with Crippen LogP contribution in [0.4, 0.5) is 0 Å². The molecule has 2 aromatic carbocycles. The van der Waals surface area contributed by atoms with E-state index >= 15 is 0 Å². The van der Waals surface area contributed by atoms with Gasteiger partial charge in [0.25, 0.3) is 0 Å². The van der Waals surface area contributed by atoms with Gasteiger partial charge in [-0.3, -0.25) is 4.99 Å². The third-order valence-electron chi connectivity index (χ3n) is 3.08. The highest BCUT2D eigenvalue weighted by atomic mass is 35.5. The van der Waals surface area contributed by atoms with Crippen LogP contribution in [0, 0.1) is 0 Å². The fraction of sp³-hybridized carbons (Fsp3) is 0.235. The Morgan fingerprint density at radius 3 is 2.36 bits per heavy atom. The first kappa shape index (κ1) is 16.8. The molecule has 0 amide bonds. The Balaban J connectivity index is 2.03. The van der Waals surface area contributed by atoms with E-state index in [-0.39, 0.29) is 10.8 Å². The zero-order chi connectivity index (χ0) is 16.1. The molecule has 0 aromatic heterocycles. The number of aromatic hydroxyl groups is 1. The highest BCUT2D eigenvalue weighted by Gasteiger charge is 2.05. The lowest BCUT2D eigenvalue weighted by molar-refractivity contribution is 0.402. The summed E-state index contributed by atoms with van der Waals surface area (Å²) in [5, 5.41) is 10.5. The molecule has 1 N–H and O–H groups in total. The van der Waals surface area contributed by atoms with E-state index in [0.29, 0.717) is 17.1 Å². The average Bonchev–Trinajstić information content (AvgIpc) is 2.45. The number of phenols is 1. The number of nitrogens with zero attached hydrogens (tertiary/aromatic N) is 2. The van der Waals surface area contributed by atoms with E-state index in [0.717, 1.165) is 12.1 Å². The molecular weight excluding hydrogens is 319 g/mol. The van der Waals surface area contributed by atoms with Crippen molar-refractivity contribution in [3.63, 3.8) is 0 Å². The van der Waals surface area contributed by atoms with Gasteiger partial charge in [0, 0.05) is 23.3 Å². The third-order valence-corrected chi connectivity index (χ3v) is 3.59. The van der Waals surface area contributed by atoms with Crippen LogP contribution in [-0.4, -0.2) is 30.3 Å². The second kappa shape index (κ2) is 7.63. The van der Waals surface area contributed by atoms with Crippen molar-refractivity contribution in [2.24, 2.45) is 4.99 Å². The molecular formula is C17H18Cl2N2O. The van der Waals surface area contributed by atoms with E-state index in [9.17, 15) is 5.11 Å². The van der Waals surface area contributed by atoms with Crippen molar-refractivity contribution in [3.8, 4) is 5.75 Å². The summed E-state index contributed by atoms with van der Waals surface area (Å²) in [5.74, 6) is -0.00357. The van der Waals surface area contributed by atoms with Gasteiger partial charge >= 0.3 is 0 Å². The van der Waals surface area contributed by atoms with Gasteiger partial charge in [-0.1, -0.05) is 47.5 Å². The molecule has 0 radical (unpaired) electrons. The lowest BCUT2D eigenvalue weighted by Gasteiger charge is -2.09. The first-order chi connectivity index (χ1) is 10.5. The van der Waals surface area contributed by atoms with Gasteiger partial charge in [0.1, 0.15) is 5.75 Å². The number of hydrogen-bond donors (Lipinski definition) is 1. The van der Waals surface area contributed by atoms with Crippen LogP contribution < -0.4 is 0 Å². The fourth-order valence-corrected chi connectivity index (χ4v) is 2.56. The smallest absolute Gasteiger partial charge is 0.143 e. The topological polar surface area (TPSA) is 35.8 Å². The summed E-state index contributed by atoms with van der Waals surface area (Å²) >= 11 is 11.8. The van der Waals surface area contributed by atoms with Gasteiger partial charge in [0.2, 0.25) is 0 Å². The monoisotopic (exact) mass is 336 g/mol. The van der Waals surface area contributed by atoms with Gasteiger partial charge in [-0.15, -0.1) is 0 Å². The Hall–Kier alpha value is -1.55. The number of phenolic OH excluding ortho intramolecular Hbond substituents is 1. The average molecular weight is 337 g/mol. The quantitative estimate of drug-likeness (QED) is 0.822. The van der Waals surface area contributed by atoms with Crippen molar-refractivity contribution in [1.82, 2.24) is 4.90 Å². The standard InChI is InChI=1S/C17H18Cl2N2O/c1-21(2)11-13-5-3-12(4-6-13)9-20-10-14-7-15(18)8-16(19)17(14)22/h3-8,10,22H,9,11H2,1-2H3. The van der Waals surface area contributed by atoms with E-state index in [1.807, 2.05) is 14.1 Å². The van der Waals surface area contributed by atoms with Crippen LogP contribution >= 0.6 is 23.2 Å². The molecule has 2 rings (SSSR count). The molecule has 116 valence electrons. The molecule has 22 heavy (non-hydrogen) atoms. The molecule has 2 aromatic rings. The number of halogens is 2.